The molecule has 0 bridgehead atoms. The second-order valence-corrected chi connectivity index (χ2v) is 8.87. The van der Waals surface area contributed by atoms with Gasteiger partial charge in [-0.25, -0.2) is 0 Å². The zero-order valence-electron chi connectivity index (χ0n) is 15.7. The molecule has 0 aromatic rings. The van der Waals surface area contributed by atoms with E-state index < -0.39 is 42.7 Å². The fraction of sp³-hybridized carbons (Fsp3) is 0.778. The number of nitriles is 1. The summed E-state index contributed by atoms with van der Waals surface area (Å²) >= 11 is 1.42. The topological polar surface area (TPSA) is 102 Å². The molecule has 160 valence electrons. The first-order valence-electron chi connectivity index (χ1n) is 9.66. The molecule has 3 rings (SSSR count). The van der Waals surface area contributed by atoms with E-state index in [4.69, 9.17) is 0 Å². The summed E-state index contributed by atoms with van der Waals surface area (Å²) in [6.07, 6.45) is -1.43. The molecule has 2 heterocycles. The van der Waals surface area contributed by atoms with Crippen molar-refractivity contribution in [3.05, 3.63) is 0 Å². The number of halogens is 3. The van der Waals surface area contributed by atoms with Crippen LogP contribution in [-0.4, -0.2) is 64.5 Å². The second-order valence-electron chi connectivity index (χ2n) is 7.66. The summed E-state index contributed by atoms with van der Waals surface area (Å²) in [5.74, 6) is -0.828. The van der Waals surface area contributed by atoms with Crippen molar-refractivity contribution in [3.8, 4) is 6.07 Å². The predicted molar refractivity (Wildman–Crippen MR) is 98.5 cm³/mol. The van der Waals surface area contributed by atoms with Gasteiger partial charge in [0.1, 0.15) is 17.9 Å². The van der Waals surface area contributed by atoms with E-state index in [1.807, 2.05) is 6.07 Å². The van der Waals surface area contributed by atoms with Crippen LogP contribution in [0.5, 0.6) is 0 Å². The average molecular weight is 432 g/mol. The fourth-order valence-electron chi connectivity index (χ4n) is 4.16. The van der Waals surface area contributed by atoms with Crippen molar-refractivity contribution in [1.29, 1.82) is 5.26 Å². The lowest BCUT2D eigenvalue weighted by Crippen LogP contribution is -2.59. The Morgan fingerprint density at radius 3 is 2.69 bits per heavy atom. The van der Waals surface area contributed by atoms with Gasteiger partial charge in [-0.05, 0) is 32.1 Å². The molecule has 5 unspecified atom stereocenters. The van der Waals surface area contributed by atoms with Gasteiger partial charge in [0.15, 0.2) is 0 Å². The van der Waals surface area contributed by atoms with Crippen molar-refractivity contribution in [2.45, 2.75) is 68.2 Å². The Balaban J connectivity index is 1.60. The number of carbonyl (C=O) groups excluding carboxylic acids is 3. The van der Waals surface area contributed by atoms with Gasteiger partial charge in [0.25, 0.3) is 0 Å². The summed E-state index contributed by atoms with van der Waals surface area (Å²) < 4.78 is 37.4. The highest BCUT2D eigenvalue weighted by Gasteiger charge is 2.47. The molecule has 1 aliphatic carbocycles. The number of rotatable bonds is 6. The molecule has 7 nitrogen and oxygen atoms in total. The highest BCUT2D eigenvalue weighted by atomic mass is 32.2. The lowest BCUT2D eigenvalue weighted by molar-refractivity contribution is -0.147. The van der Waals surface area contributed by atoms with Crippen LogP contribution in [0.2, 0.25) is 0 Å². The Hall–Kier alpha value is -1.80. The number of hydrogen-bond donors (Lipinski definition) is 2. The first-order valence-corrected chi connectivity index (χ1v) is 10.7. The van der Waals surface area contributed by atoms with Crippen molar-refractivity contribution in [3.63, 3.8) is 0 Å². The van der Waals surface area contributed by atoms with Gasteiger partial charge in [-0.1, -0.05) is 0 Å². The van der Waals surface area contributed by atoms with Gasteiger partial charge in [-0.15, -0.1) is 11.8 Å². The van der Waals surface area contributed by atoms with Gasteiger partial charge >= 0.3 is 6.18 Å². The van der Waals surface area contributed by atoms with E-state index in [2.05, 4.69) is 10.6 Å². The summed E-state index contributed by atoms with van der Waals surface area (Å²) in [5, 5.41) is 14.0. The van der Waals surface area contributed by atoms with Crippen LogP contribution < -0.4 is 10.6 Å². The van der Waals surface area contributed by atoms with Gasteiger partial charge in [-0.2, -0.15) is 18.4 Å². The zero-order chi connectivity index (χ0) is 21.2. The maximum absolute atomic E-state index is 12.7. The average Bonchev–Trinajstić information content (AvgIpc) is 3.26. The van der Waals surface area contributed by atoms with Crippen molar-refractivity contribution < 1.29 is 27.6 Å². The molecule has 2 saturated heterocycles. The lowest BCUT2D eigenvalue weighted by atomic mass is 9.97. The summed E-state index contributed by atoms with van der Waals surface area (Å²) in [4.78, 5) is 38.6. The maximum Gasteiger partial charge on any atom is 0.401 e. The third-order valence-electron chi connectivity index (χ3n) is 5.62. The van der Waals surface area contributed by atoms with E-state index in [0.29, 0.717) is 25.0 Å². The quantitative estimate of drug-likeness (QED) is 0.657. The lowest BCUT2D eigenvalue weighted by Gasteiger charge is -2.37. The minimum atomic E-state index is -4.43. The zero-order valence-corrected chi connectivity index (χ0v) is 16.5. The van der Waals surface area contributed by atoms with Crippen molar-refractivity contribution >= 4 is 29.4 Å². The Labute approximate surface area is 170 Å². The normalized spacial score (nSPS) is 30.8. The molecule has 1 saturated carbocycles. The van der Waals surface area contributed by atoms with E-state index in [-0.39, 0.29) is 29.9 Å². The van der Waals surface area contributed by atoms with E-state index in [9.17, 15) is 32.8 Å². The van der Waals surface area contributed by atoms with Crippen LogP contribution in [-0.2, 0) is 14.4 Å². The molecule has 5 atom stereocenters. The van der Waals surface area contributed by atoms with Gasteiger partial charge in [0, 0.05) is 18.1 Å². The predicted octanol–water partition coefficient (Wildman–Crippen LogP) is 1.34. The van der Waals surface area contributed by atoms with Crippen LogP contribution >= 0.6 is 11.8 Å². The highest BCUT2D eigenvalue weighted by Crippen LogP contribution is 2.37. The van der Waals surface area contributed by atoms with E-state index in [0.717, 1.165) is 6.42 Å². The smallest absolute Gasteiger partial charge is 0.339 e. The first-order chi connectivity index (χ1) is 13.7. The Kier molecular flexibility index (Phi) is 6.73. The largest absolute Gasteiger partial charge is 0.401 e. The molecule has 0 aromatic heterocycles. The Morgan fingerprint density at radius 1 is 1.31 bits per heavy atom. The van der Waals surface area contributed by atoms with Crippen molar-refractivity contribution in [2.75, 3.05) is 12.3 Å². The molecule has 3 fully saturated rings. The molecular weight excluding hydrogens is 409 g/mol. The number of carbonyl (C=O) groups is 3. The number of alkyl halides is 3. The van der Waals surface area contributed by atoms with Crippen LogP contribution in [0.1, 0.15) is 38.5 Å². The highest BCUT2D eigenvalue weighted by molar-refractivity contribution is 8.00. The van der Waals surface area contributed by atoms with Crippen molar-refractivity contribution in [1.82, 2.24) is 15.5 Å². The fourth-order valence-corrected chi connectivity index (χ4v) is 5.59. The standard InChI is InChI=1S/C18H23F3N4O3S/c19-18(20,21)9-23-12-4-5-15-25(17(12)28)13(8-29-15)16(27)24-11(7-22)6-10-2-1-3-14(10)26/h10-13,15,23H,1-6,8-9H2,(H,24,27). The van der Waals surface area contributed by atoms with Gasteiger partial charge in [0.2, 0.25) is 11.8 Å². The number of hydrogen-bond acceptors (Lipinski definition) is 6. The van der Waals surface area contributed by atoms with E-state index in [1.54, 1.807) is 0 Å². The molecule has 2 aliphatic heterocycles. The molecule has 29 heavy (non-hydrogen) atoms. The van der Waals surface area contributed by atoms with Crippen LogP contribution in [0.15, 0.2) is 0 Å². The molecule has 0 spiro atoms. The molecule has 11 heteroatoms. The number of piperidine rings is 1. The molecule has 2 amide bonds. The van der Waals surface area contributed by atoms with E-state index in [1.165, 1.54) is 16.7 Å². The Morgan fingerprint density at radius 2 is 2.07 bits per heavy atom. The summed E-state index contributed by atoms with van der Waals surface area (Å²) in [5.41, 5.74) is 0. The van der Waals surface area contributed by atoms with E-state index >= 15 is 0 Å². The molecule has 3 aliphatic rings. The molecule has 2 N–H and O–H groups in total. The molecule has 0 radical (unpaired) electrons. The van der Waals surface area contributed by atoms with Crippen LogP contribution in [0.4, 0.5) is 13.2 Å². The Bertz CT molecular complexity index is 711. The minimum absolute atomic E-state index is 0.0979. The first kappa shape index (κ1) is 21.9. The van der Waals surface area contributed by atoms with Crippen molar-refractivity contribution in [2.24, 2.45) is 5.92 Å². The number of fused-ring (bicyclic) bond motifs is 1. The number of ketones is 1. The monoisotopic (exact) mass is 432 g/mol. The third-order valence-corrected chi connectivity index (χ3v) is 6.98. The number of nitrogens with one attached hydrogen (secondary N) is 2. The van der Waals surface area contributed by atoms with Gasteiger partial charge < -0.3 is 10.2 Å². The second kappa shape index (κ2) is 8.92. The number of Topliss-reactive ketones (excluding diaryl/α,β-unsaturated/α-hetero) is 1. The minimum Gasteiger partial charge on any atom is -0.339 e. The third kappa shape index (κ3) is 5.22. The van der Waals surface area contributed by atoms with Gasteiger partial charge in [0.05, 0.1) is 24.0 Å². The summed E-state index contributed by atoms with van der Waals surface area (Å²) in [6.45, 7) is -1.27. The molecule has 0 aromatic carbocycles. The maximum atomic E-state index is 12.7. The summed E-state index contributed by atoms with van der Waals surface area (Å²) in [7, 11) is 0. The van der Waals surface area contributed by atoms with Crippen LogP contribution in [0.3, 0.4) is 0 Å². The van der Waals surface area contributed by atoms with Gasteiger partial charge in [-0.3, -0.25) is 19.7 Å². The SMILES string of the molecule is N#CC(CC1CCCC1=O)NC(=O)C1CSC2CCC(NCC(F)(F)F)C(=O)N21. The van der Waals surface area contributed by atoms with Crippen LogP contribution in [0.25, 0.3) is 0 Å². The summed E-state index contributed by atoms with van der Waals surface area (Å²) in [6, 6.07) is -0.647. The number of thioether (sulfide) groups is 1. The number of nitrogens with zero attached hydrogens (tertiary/aromatic N) is 2. The molecular formula is C18H23F3N4O3S. The number of amides is 2. The van der Waals surface area contributed by atoms with Crippen LogP contribution in [0, 0.1) is 17.2 Å².